The molecule has 0 bridgehead atoms. The lowest BCUT2D eigenvalue weighted by Gasteiger charge is -2.24. The summed E-state index contributed by atoms with van der Waals surface area (Å²) < 4.78 is 24.8. The number of benzene rings is 1. The van der Waals surface area contributed by atoms with Crippen LogP contribution in [-0.4, -0.2) is 74.1 Å². The van der Waals surface area contributed by atoms with Crippen molar-refractivity contribution < 1.29 is 23.2 Å². The third-order valence-corrected chi connectivity index (χ3v) is 5.39. The third-order valence-electron chi connectivity index (χ3n) is 5.39. The average Bonchev–Trinajstić information content (AvgIpc) is 3.37. The van der Waals surface area contributed by atoms with Crippen LogP contribution in [0, 0.1) is 5.82 Å². The standard InChI is InChI=1S/C20H26FN7O4/c21-17-7-15(27-12-16(8-22)32-20(27)30)1-2-18(17)26-4-3-24-28(6-5-26)19(29)11-23-9-14-10-25-31-13-14/h1-2,7,10,13,16,23-24H,3-6,8-9,11-12,22H2/t16-/m0/s1. The number of hydrogen-bond acceptors (Lipinski definition) is 9. The van der Waals surface area contributed by atoms with Crippen molar-refractivity contribution in [3.63, 3.8) is 0 Å². The molecule has 4 rings (SSSR count). The monoisotopic (exact) mass is 447 g/mol. The van der Waals surface area contributed by atoms with E-state index in [1.807, 2.05) is 4.90 Å². The highest BCUT2D eigenvalue weighted by molar-refractivity contribution is 5.90. The Bertz CT molecular complexity index is 942. The SMILES string of the molecule is NC[C@H]1CN(c2ccc(N3CCNN(C(=O)CNCc4cnoc4)CC3)c(F)c2)C(=O)O1. The zero-order valence-corrected chi connectivity index (χ0v) is 17.5. The number of halogens is 1. The number of hydrogen-bond donors (Lipinski definition) is 3. The summed E-state index contributed by atoms with van der Waals surface area (Å²) in [5, 5.41) is 8.20. The average molecular weight is 447 g/mol. The molecule has 2 saturated heterocycles. The van der Waals surface area contributed by atoms with Gasteiger partial charge in [-0.25, -0.2) is 14.6 Å². The summed E-state index contributed by atoms with van der Waals surface area (Å²) in [5.74, 6) is -0.553. The van der Waals surface area contributed by atoms with Gasteiger partial charge in [0.15, 0.2) is 0 Å². The van der Waals surface area contributed by atoms with Gasteiger partial charge in [-0.05, 0) is 18.2 Å². The minimum atomic E-state index is -0.529. The number of aromatic nitrogens is 1. The number of nitrogens with one attached hydrogen (secondary N) is 2. The van der Waals surface area contributed by atoms with E-state index < -0.39 is 18.0 Å². The molecule has 2 aromatic rings. The molecule has 0 aliphatic carbocycles. The Morgan fingerprint density at radius 1 is 1.34 bits per heavy atom. The molecule has 4 N–H and O–H groups in total. The molecule has 0 spiro atoms. The van der Waals surface area contributed by atoms with E-state index in [2.05, 4.69) is 15.9 Å². The van der Waals surface area contributed by atoms with Crippen molar-refractivity contribution in [2.24, 2.45) is 5.73 Å². The lowest BCUT2D eigenvalue weighted by Crippen LogP contribution is -2.47. The maximum Gasteiger partial charge on any atom is 0.414 e. The van der Waals surface area contributed by atoms with Crippen LogP contribution in [-0.2, 0) is 16.1 Å². The molecule has 1 aromatic heterocycles. The van der Waals surface area contributed by atoms with Crippen molar-refractivity contribution in [1.29, 1.82) is 0 Å². The molecule has 2 aliphatic rings. The largest absolute Gasteiger partial charge is 0.443 e. The van der Waals surface area contributed by atoms with E-state index in [-0.39, 0.29) is 19.0 Å². The summed E-state index contributed by atoms with van der Waals surface area (Å²) in [6, 6.07) is 4.66. The molecular formula is C20H26FN7O4. The summed E-state index contributed by atoms with van der Waals surface area (Å²) in [6.07, 6.45) is 2.18. The molecule has 0 unspecified atom stereocenters. The third kappa shape index (κ3) is 4.98. The van der Waals surface area contributed by atoms with E-state index in [0.29, 0.717) is 50.6 Å². The first kappa shape index (κ1) is 22.0. The first-order valence-corrected chi connectivity index (χ1v) is 10.4. The van der Waals surface area contributed by atoms with Crippen LogP contribution in [0.5, 0.6) is 0 Å². The highest BCUT2D eigenvalue weighted by atomic mass is 19.1. The van der Waals surface area contributed by atoms with Crippen LogP contribution >= 0.6 is 0 Å². The smallest absolute Gasteiger partial charge is 0.414 e. The minimum Gasteiger partial charge on any atom is -0.443 e. The van der Waals surface area contributed by atoms with Crippen molar-refractivity contribution in [3.05, 3.63) is 42.0 Å². The van der Waals surface area contributed by atoms with Gasteiger partial charge >= 0.3 is 6.09 Å². The van der Waals surface area contributed by atoms with E-state index in [0.717, 1.165) is 5.56 Å². The summed E-state index contributed by atoms with van der Waals surface area (Å²) in [5.41, 5.74) is 10.3. The topological polar surface area (TPSA) is 129 Å². The first-order chi connectivity index (χ1) is 15.5. The van der Waals surface area contributed by atoms with E-state index in [1.165, 1.54) is 17.2 Å². The lowest BCUT2D eigenvalue weighted by atomic mass is 10.2. The van der Waals surface area contributed by atoms with Crippen molar-refractivity contribution in [3.8, 4) is 0 Å². The van der Waals surface area contributed by atoms with Crippen LogP contribution < -0.4 is 26.3 Å². The van der Waals surface area contributed by atoms with Gasteiger partial charge in [0.2, 0.25) is 0 Å². The Balaban J connectivity index is 1.32. The molecule has 1 aromatic carbocycles. The fraction of sp³-hybridized carbons (Fsp3) is 0.450. The number of nitrogens with zero attached hydrogens (tertiary/aromatic N) is 4. The molecule has 12 heteroatoms. The second kappa shape index (κ2) is 9.94. The summed E-state index contributed by atoms with van der Waals surface area (Å²) in [4.78, 5) is 27.7. The second-order valence-electron chi connectivity index (χ2n) is 7.56. The zero-order valence-electron chi connectivity index (χ0n) is 17.5. The number of ether oxygens (including phenoxy) is 1. The number of carbonyl (C=O) groups excluding carboxylic acids is 2. The van der Waals surface area contributed by atoms with E-state index in [9.17, 15) is 14.0 Å². The van der Waals surface area contributed by atoms with Gasteiger partial charge in [0.25, 0.3) is 5.91 Å². The van der Waals surface area contributed by atoms with Gasteiger partial charge in [-0.2, -0.15) is 0 Å². The van der Waals surface area contributed by atoms with Gasteiger partial charge in [-0.15, -0.1) is 0 Å². The fourth-order valence-electron chi connectivity index (χ4n) is 3.68. The number of carbonyl (C=O) groups is 2. The summed E-state index contributed by atoms with van der Waals surface area (Å²) >= 11 is 0. The molecule has 3 heterocycles. The molecule has 172 valence electrons. The lowest BCUT2D eigenvalue weighted by molar-refractivity contribution is -0.133. The van der Waals surface area contributed by atoms with Gasteiger partial charge in [0, 0.05) is 38.3 Å². The van der Waals surface area contributed by atoms with E-state index in [1.54, 1.807) is 23.3 Å². The predicted molar refractivity (Wildman–Crippen MR) is 113 cm³/mol. The Hall–Kier alpha value is -3.22. The Morgan fingerprint density at radius 3 is 2.94 bits per heavy atom. The fourth-order valence-corrected chi connectivity index (χ4v) is 3.68. The maximum atomic E-state index is 14.9. The zero-order chi connectivity index (χ0) is 22.5. The second-order valence-corrected chi connectivity index (χ2v) is 7.56. The van der Waals surface area contributed by atoms with Crippen LogP contribution in [0.3, 0.4) is 0 Å². The molecule has 11 nitrogen and oxygen atoms in total. The summed E-state index contributed by atoms with van der Waals surface area (Å²) in [6.45, 7) is 3.00. The van der Waals surface area contributed by atoms with Gasteiger partial charge in [-0.1, -0.05) is 5.16 Å². The van der Waals surface area contributed by atoms with E-state index >= 15 is 0 Å². The minimum absolute atomic E-state index is 0.110. The number of hydrazine groups is 1. The first-order valence-electron chi connectivity index (χ1n) is 10.4. The maximum absolute atomic E-state index is 14.9. The highest BCUT2D eigenvalue weighted by Crippen LogP contribution is 2.28. The van der Waals surface area contributed by atoms with Crippen molar-refractivity contribution in [1.82, 2.24) is 20.9 Å². The van der Waals surface area contributed by atoms with Crippen LogP contribution in [0.2, 0.25) is 0 Å². The van der Waals surface area contributed by atoms with Gasteiger partial charge in [0.05, 0.1) is 37.2 Å². The van der Waals surface area contributed by atoms with E-state index in [4.69, 9.17) is 15.0 Å². The van der Waals surface area contributed by atoms with Crippen LogP contribution in [0.25, 0.3) is 0 Å². The molecule has 2 amide bonds. The molecule has 1 atom stereocenters. The Labute approximate surface area is 184 Å². The molecular weight excluding hydrogens is 421 g/mol. The number of cyclic esters (lactones) is 1. The van der Waals surface area contributed by atoms with Crippen LogP contribution in [0.15, 0.2) is 35.2 Å². The molecule has 0 radical (unpaired) electrons. The number of nitrogens with two attached hydrogens (primary N) is 1. The Morgan fingerprint density at radius 2 is 2.22 bits per heavy atom. The predicted octanol–water partition coefficient (Wildman–Crippen LogP) is 0.0406. The number of amides is 2. The summed E-state index contributed by atoms with van der Waals surface area (Å²) in [7, 11) is 0. The van der Waals surface area contributed by atoms with Crippen molar-refractivity contribution >= 4 is 23.4 Å². The Kier molecular flexibility index (Phi) is 6.83. The number of rotatable bonds is 7. The van der Waals surface area contributed by atoms with Gasteiger partial charge < -0.3 is 25.2 Å². The molecule has 2 fully saturated rings. The molecule has 0 saturated carbocycles. The molecule has 32 heavy (non-hydrogen) atoms. The van der Waals surface area contributed by atoms with Crippen molar-refractivity contribution in [2.75, 3.05) is 55.6 Å². The van der Waals surface area contributed by atoms with Gasteiger partial charge in [-0.3, -0.25) is 14.7 Å². The van der Waals surface area contributed by atoms with Crippen LogP contribution in [0.1, 0.15) is 5.56 Å². The number of anilines is 2. The highest BCUT2D eigenvalue weighted by Gasteiger charge is 2.32. The van der Waals surface area contributed by atoms with Crippen LogP contribution in [0.4, 0.5) is 20.6 Å². The molecule has 2 aliphatic heterocycles. The van der Waals surface area contributed by atoms with Gasteiger partial charge in [0.1, 0.15) is 18.2 Å². The normalized spacial score (nSPS) is 19.2. The van der Waals surface area contributed by atoms with Crippen molar-refractivity contribution in [2.45, 2.75) is 12.6 Å². The quantitative estimate of drug-likeness (QED) is 0.539.